The Morgan fingerprint density at radius 1 is 0.895 bits per heavy atom. The minimum atomic E-state index is 1.04. The molecule has 2 aromatic carbocycles. The van der Waals surface area contributed by atoms with Crippen LogP contribution in [0.4, 0.5) is 0 Å². The molecule has 19 heavy (non-hydrogen) atoms. The second-order valence-corrected chi connectivity index (χ2v) is 4.53. The first kappa shape index (κ1) is 13.6. The first-order valence-electron chi connectivity index (χ1n) is 6.93. The van der Waals surface area contributed by atoms with Gasteiger partial charge in [0.05, 0.1) is 0 Å². The van der Waals surface area contributed by atoms with Gasteiger partial charge in [0.15, 0.2) is 0 Å². The van der Waals surface area contributed by atoms with Crippen LogP contribution in [0.5, 0.6) is 0 Å². The lowest BCUT2D eigenvalue weighted by atomic mass is 10.0. The van der Waals surface area contributed by atoms with E-state index in [0.717, 1.165) is 19.5 Å². The summed E-state index contributed by atoms with van der Waals surface area (Å²) in [4.78, 5) is 0. The Hall–Kier alpha value is -1.86. The third kappa shape index (κ3) is 4.38. The predicted molar refractivity (Wildman–Crippen MR) is 84.1 cm³/mol. The van der Waals surface area contributed by atoms with Crippen molar-refractivity contribution in [2.24, 2.45) is 0 Å². The molecule has 0 unspecified atom stereocenters. The van der Waals surface area contributed by atoms with Crippen LogP contribution in [0.2, 0.25) is 0 Å². The molecule has 0 heterocycles. The van der Waals surface area contributed by atoms with Gasteiger partial charge in [-0.15, -0.1) is 0 Å². The van der Waals surface area contributed by atoms with Gasteiger partial charge in [-0.05, 0) is 36.2 Å². The summed E-state index contributed by atoms with van der Waals surface area (Å²) in [6.45, 7) is 4.22. The summed E-state index contributed by atoms with van der Waals surface area (Å²) in [5, 5.41) is 3.31. The van der Waals surface area contributed by atoms with E-state index < -0.39 is 0 Å². The Labute approximate surface area is 116 Å². The van der Waals surface area contributed by atoms with Crippen LogP contribution in [0.15, 0.2) is 60.7 Å². The zero-order valence-corrected chi connectivity index (χ0v) is 11.5. The molecule has 0 amide bonds. The van der Waals surface area contributed by atoms with Crippen LogP contribution >= 0.6 is 0 Å². The topological polar surface area (TPSA) is 12.0 Å². The van der Waals surface area contributed by atoms with Crippen LogP contribution in [0, 0.1) is 0 Å². The Morgan fingerprint density at radius 3 is 2.26 bits per heavy atom. The number of nitrogens with one attached hydrogen (secondary N) is 1. The summed E-state index contributed by atoms with van der Waals surface area (Å²) in [7, 11) is 0. The molecule has 0 radical (unpaired) electrons. The van der Waals surface area contributed by atoms with Gasteiger partial charge in [-0.25, -0.2) is 0 Å². The summed E-state index contributed by atoms with van der Waals surface area (Å²) in [5.41, 5.74) is 3.80. The fraction of sp³-hybridized carbons (Fsp3) is 0.222. The summed E-state index contributed by atoms with van der Waals surface area (Å²) >= 11 is 0. The first-order chi connectivity index (χ1) is 9.40. The van der Waals surface area contributed by atoms with Crippen LogP contribution < -0.4 is 5.32 Å². The molecule has 2 aromatic rings. The molecule has 0 bridgehead atoms. The molecule has 1 heteroatoms. The van der Waals surface area contributed by atoms with E-state index in [2.05, 4.69) is 72.9 Å². The highest BCUT2D eigenvalue weighted by atomic mass is 14.8. The van der Waals surface area contributed by atoms with Crippen LogP contribution in [0.1, 0.15) is 18.9 Å². The lowest BCUT2D eigenvalue weighted by Crippen LogP contribution is -2.12. The van der Waals surface area contributed by atoms with Crippen molar-refractivity contribution in [3.8, 4) is 11.1 Å². The Morgan fingerprint density at radius 2 is 1.58 bits per heavy atom. The molecule has 0 atom stereocenters. The molecule has 0 aliphatic heterocycles. The van der Waals surface area contributed by atoms with Crippen molar-refractivity contribution in [1.82, 2.24) is 5.32 Å². The monoisotopic (exact) mass is 251 g/mol. The average Bonchev–Trinajstić information content (AvgIpc) is 2.49. The molecule has 0 aromatic heterocycles. The average molecular weight is 251 g/mol. The van der Waals surface area contributed by atoms with E-state index in [-0.39, 0.29) is 0 Å². The summed E-state index contributed by atoms with van der Waals surface area (Å²) in [6.07, 6.45) is 5.49. The predicted octanol–water partition coefficient (Wildman–Crippen LogP) is 4.37. The Bertz CT molecular complexity index is 497. The van der Waals surface area contributed by atoms with Gasteiger partial charge in [-0.2, -0.15) is 0 Å². The van der Waals surface area contributed by atoms with Crippen LogP contribution in [0.3, 0.4) is 0 Å². The summed E-state index contributed by atoms with van der Waals surface area (Å²) in [5.74, 6) is 0. The Kier molecular flexibility index (Phi) is 5.39. The van der Waals surface area contributed by atoms with Crippen LogP contribution in [-0.2, 0) is 0 Å². The van der Waals surface area contributed by atoms with Gasteiger partial charge in [0.2, 0.25) is 0 Å². The standard InChI is InChI=1S/C18H21N/c1-2-19-15-7-6-8-16-11-13-18(14-12-16)17-9-4-3-5-10-17/h3-6,8-14,19H,2,7,15H2,1H3. The van der Waals surface area contributed by atoms with E-state index in [1.165, 1.54) is 16.7 Å². The maximum atomic E-state index is 3.31. The van der Waals surface area contributed by atoms with Gasteiger partial charge in [-0.3, -0.25) is 0 Å². The number of hydrogen-bond acceptors (Lipinski definition) is 1. The van der Waals surface area contributed by atoms with Crippen molar-refractivity contribution in [2.75, 3.05) is 13.1 Å². The highest BCUT2D eigenvalue weighted by molar-refractivity contribution is 5.65. The maximum Gasteiger partial charge on any atom is -0.00143 e. The van der Waals surface area contributed by atoms with Crippen LogP contribution in [-0.4, -0.2) is 13.1 Å². The highest BCUT2D eigenvalue weighted by Crippen LogP contribution is 2.19. The maximum absolute atomic E-state index is 3.31. The fourth-order valence-corrected chi connectivity index (χ4v) is 2.00. The molecular weight excluding hydrogens is 230 g/mol. The van der Waals surface area contributed by atoms with Crippen molar-refractivity contribution in [3.05, 3.63) is 66.2 Å². The number of rotatable bonds is 6. The number of hydrogen-bond donors (Lipinski definition) is 1. The lowest BCUT2D eigenvalue weighted by molar-refractivity contribution is 0.727. The first-order valence-corrected chi connectivity index (χ1v) is 6.93. The van der Waals surface area contributed by atoms with Crippen molar-refractivity contribution in [3.63, 3.8) is 0 Å². The molecule has 1 N–H and O–H groups in total. The van der Waals surface area contributed by atoms with Crippen molar-refractivity contribution in [1.29, 1.82) is 0 Å². The van der Waals surface area contributed by atoms with Gasteiger partial charge in [0.1, 0.15) is 0 Å². The normalized spacial score (nSPS) is 11.0. The van der Waals surface area contributed by atoms with Crippen molar-refractivity contribution in [2.45, 2.75) is 13.3 Å². The fourth-order valence-electron chi connectivity index (χ4n) is 2.00. The smallest absolute Gasteiger partial charge is 0.00143 e. The van der Waals surface area contributed by atoms with Gasteiger partial charge in [-0.1, -0.05) is 73.7 Å². The van der Waals surface area contributed by atoms with E-state index >= 15 is 0 Å². The van der Waals surface area contributed by atoms with Crippen molar-refractivity contribution < 1.29 is 0 Å². The van der Waals surface area contributed by atoms with E-state index in [9.17, 15) is 0 Å². The van der Waals surface area contributed by atoms with E-state index in [4.69, 9.17) is 0 Å². The molecule has 0 spiro atoms. The molecule has 0 saturated carbocycles. The van der Waals surface area contributed by atoms with Gasteiger partial charge in [0, 0.05) is 0 Å². The molecule has 0 aliphatic rings. The zero-order valence-electron chi connectivity index (χ0n) is 11.5. The molecule has 0 saturated heterocycles. The molecule has 0 fully saturated rings. The third-order valence-electron chi connectivity index (χ3n) is 3.07. The quantitative estimate of drug-likeness (QED) is 0.752. The van der Waals surface area contributed by atoms with E-state index in [1.807, 2.05) is 6.07 Å². The largest absolute Gasteiger partial charge is 0.317 e. The molecular formula is C18H21N. The van der Waals surface area contributed by atoms with Gasteiger partial charge >= 0.3 is 0 Å². The molecule has 0 aliphatic carbocycles. The van der Waals surface area contributed by atoms with Crippen LogP contribution in [0.25, 0.3) is 17.2 Å². The molecule has 98 valence electrons. The summed E-state index contributed by atoms with van der Waals surface area (Å²) < 4.78 is 0. The highest BCUT2D eigenvalue weighted by Gasteiger charge is 1.95. The minimum absolute atomic E-state index is 1.04. The minimum Gasteiger partial charge on any atom is -0.317 e. The molecule has 1 nitrogen and oxygen atoms in total. The SMILES string of the molecule is CCNCCC=Cc1ccc(-c2ccccc2)cc1. The Balaban J connectivity index is 1.95. The third-order valence-corrected chi connectivity index (χ3v) is 3.07. The van der Waals surface area contributed by atoms with Gasteiger partial charge in [0.25, 0.3) is 0 Å². The summed E-state index contributed by atoms with van der Waals surface area (Å²) in [6, 6.07) is 19.2. The van der Waals surface area contributed by atoms with Crippen molar-refractivity contribution >= 4 is 6.08 Å². The van der Waals surface area contributed by atoms with E-state index in [0.29, 0.717) is 0 Å². The second-order valence-electron chi connectivity index (χ2n) is 4.53. The van der Waals surface area contributed by atoms with Gasteiger partial charge < -0.3 is 5.32 Å². The number of benzene rings is 2. The lowest BCUT2D eigenvalue weighted by Gasteiger charge is -2.02. The zero-order chi connectivity index (χ0) is 13.3. The van der Waals surface area contributed by atoms with E-state index in [1.54, 1.807) is 0 Å². The second kappa shape index (κ2) is 7.55. The molecule has 2 rings (SSSR count).